The fourth-order valence-electron chi connectivity index (χ4n) is 2.97. The Labute approximate surface area is 120 Å². The quantitative estimate of drug-likeness (QED) is 0.720. The number of nitrogens with zero attached hydrogens (tertiary/aromatic N) is 1. The lowest BCUT2D eigenvalue weighted by Crippen LogP contribution is -2.30. The lowest BCUT2D eigenvalue weighted by Gasteiger charge is -2.29. The Balaban J connectivity index is 2.12. The number of rotatable bonds is 7. The Morgan fingerprint density at radius 2 is 1.95 bits per heavy atom. The van der Waals surface area contributed by atoms with E-state index >= 15 is 0 Å². The predicted molar refractivity (Wildman–Crippen MR) is 82.6 cm³/mol. The summed E-state index contributed by atoms with van der Waals surface area (Å²) >= 11 is 0. The van der Waals surface area contributed by atoms with Crippen molar-refractivity contribution < 1.29 is 4.74 Å². The maximum Gasteiger partial charge on any atom is 0.0587 e. The first-order chi connectivity index (χ1) is 9.04. The Morgan fingerprint density at radius 3 is 2.63 bits per heavy atom. The number of likely N-dealkylation sites (tertiary alicyclic amines) is 1. The highest BCUT2D eigenvalue weighted by molar-refractivity contribution is 4.78. The number of nitrogens with one attached hydrogen (secondary N) is 1. The van der Waals surface area contributed by atoms with Gasteiger partial charge in [0.1, 0.15) is 0 Å². The minimum Gasteiger partial charge on any atom is -0.383 e. The van der Waals surface area contributed by atoms with Crippen molar-refractivity contribution in [3.05, 3.63) is 0 Å². The molecule has 1 aliphatic heterocycles. The van der Waals surface area contributed by atoms with Crippen LogP contribution in [0, 0.1) is 11.3 Å². The third-order valence-electron chi connectivity index (χ3n) is 4.36. The van der Waals surface area contributed by atoms with Gasteiger partial charge in [0.05, 0.1) is 6.61 Å². The van der Waals surface area contributed by atoms with Crippen molar-refractivity contribution in [3.63, 3.8) is 0 Å². The molecule has 1 saturated heterocycles. The molecule has 19 heavy (non-hydrogen) atoms. The van der Waals surface area contributed by atoms with Gasteiger partial charge in [-0.2, -0.15) is 0 Å². The molecule has 1 atom stereocenters. The molecule has 0 spiro atoms. The van der Waals surface area contributed by atoms with E-state index in [0.717, 1.165) is 25.6 Å². The van der Waals surface area contributed by atoms with E-state index in [0.29, 0.717) is 5.41 Å². The third-order valence-corrected chi connectivity index (χ3v) is 4.36. The summed E-state index contributed by atoms with van der Waals surface area (Å²) in [5.41, 5.74) is 0.484. The number of hydrogen-bond donors (Lipinski definition) is 1. The zero-order valence-corrected chi connectivity index (χ0v) is 13.5. The van der Waals surface area contributed by atoms with Gasteiger partial charge in [-0.15, -0.1) is 0 Å². The fraction of sp³-hybridized carbons (Fsp3) is 1.00. The van der Waals surface area contributed by atoms with Crippen LogP contribution in [-0.2, 0) is 4.74 Å². The van der Waals surface area contributed by atoms with E-state index < -0.39 is 0 Å². The van der Waals surface area contributed by atoms with Crippen molar-refractivity contribution >= 4 is 0 Å². The van der Waals surface area contributed by atoms with E-state index in [1.54, 1.807) is 7.11 Å². The molecule has 0 aromatic rings. The Hall–Kier alpha value is -0.120. The molecule has 1 rings (SSSR count). The van der Waals surface area contributed by atoms with Crippen LogP contribution in [0.25, 0.3) is 0 Å². The van der Waals surface area contributed by atoms with Gasteiger partial charge in [-0.05, 0) is 63.2 Å². The Morgan fingerprint density at radius 1 is 1.16 bits per heavy atom. The average Bonchev–Trinajstić information content (AvgIpc) is 2.58. The van der Waals surface area contributed by atoms with Gasteiger partial charge in [-0.3, -0.25) is 0 Å². The van der Waals surface area contributed by atoms with Crippen LogP contribution < -0.4 is 5.32 Å². The van der Waals surface area contributed by atoms with Crippen molar-refractivity contribution in [1.29, 1.82) is 0 Å². The maximum atomic E-state index is 5.03. The summed E-state index contributed by atoms with van der Waals surface area (Å²) in [4.78, 5) is 2.66. The molecule has 0 radical (unpaired) electrons. The van der Waals surface area contributed by atoms with Gasteiger partial charge in [0.25, 0.3) is 0 Å². The van der Waals surface area contributed by atoms with Crippen LogP contribution in [0.1, 0.15) is 46.5 Å². The Kier molecular flexibility index (Phi) is 7.96. The first-order valence-corrected chi connectivity index (χ1v) is 7.96. The highest BCUT2D eigenvalue weighted by atomic mass is 16.5. The third kappa shape index (κ3) is 7.28. The second-order valence-electron chi connectivity index (χ2n) is 6.93. The van der Waals surface area contributed by atoms with E-state index in [2.05, 4.69) is 31.0 Å². The summed E-state index contributed by atoms with van der Waals surface area (Å²) in [5.74, 6) is 0.900. The molecule has 0 bridgehead atoms. The van der Waals surface area contributed by atoms with E-state index in [1.807, 2.05) is 0 Å². The molecular formula is C16H34N2O. The van der Waals surface area contributed by atoms with Gasteiger partial charge in [-0.25, -0.2) is 0 Å². The van der Waals surface area contributed by atoms with Gasteiger partial charge in [-0.1, -0.05) is 20.8 Å². The summed E-state index contributed by atoms with van der Waals surface area (Å²) in [6, 6.07) is 0. The van der Waals surface area contributed by atoms with E-state index in [4.69, 9.17) is 4.74 Å². The lowest BCUT2D eigenvalue weighted by atomic mass is 9.77. The highest BCUT2D eigenvalue weighted by Gasteiger charge is 2.26. The largest absolute Gasteiger partial charge is 0.383 e. The highest BCUT2D eigenvalue weighted by Crippen LogP contribution is 2.34. The molecule has 0 aliphatic carbocycles. The van der Waals surface area contributed by atoms with Crippen LogP contribution in [0.3, 0.4) is 0 Å². The summed E-state index contributed by atoms with van der Waals surface area (Å²) in [7, 11) is 1.75. The second kappa shape index (κ2) is 8.93. The molecule has 0 amide bonds. The van der Waals surface area contributed by atoms with Crippen LogP contribution >= 0.6 is 0 Å². The zero-order chi connectivity index (χ0) is 14.1. The average molecular weight is 270 g/mol. The number of methoxy groups -OCH3 is 1. The normalized spacial score (nSPS) is 22.4. The van der Waals surface area contributed by atoms with Gasteiger partial charge in [0.15, 0.2) is 0 Å². The Bertz CT molecular complexity index is 225. The molecule has 0 aromatic carbocycles. The maximum absolute atomic E-state index is 5.03. The predicted octanol–water partition coefficient (Wildman–Crippen LogP) is 2.76. The van der Waals surface area contributed by atoms with Crippen LogP contribution in [-0.4, -0.2) is 51.3 Å². The van der Waals surface area contributed by atoms with Gasteiger partial charge in [0, 0.05) is 13.7 Å². The minimum absolute atomic E-state index is 0.484. The van der Waals surface area contributed by atoms with Crippen molar-refractivity contribution in [2.24, 2.45) is 11.3 Å². The van der Waals surface area contributed by atoms with Crippen LogP contribution in [0.15, 0.2) is 0 Å². The van der Waals surface area contributed by atoms with E-state index in [-0.39, 0.29) is 0 Å². The van der Waals surface area contributed by atoms with Crippen LogP contribution in [0.5, 0.6) is 0 Å². The topological polar surface area (TPSA) is 24.5 Å². The van der Waals surface area contributed by atoms with Crippen LogP contribution in [0.4, 0.5) is 0 Å². The van der Waals surface area contributed by atoms with E-state index in [1.165, 1.54) is 45.3 Å². The van der Waals surface area contributed by atoms with Crippen molar-refractivity contribution in [1.82, 2.24) is 10.2 Å². The molecule has 3 heteroatoms. The molecule has 0 aromatic heterocycles. The van der Waals surface area contributed by atoms with E-state index in [9.17, 15) is 0 Å². The lowest BCUT2D eigenvalue weighted by molar-refractivity contribution is 0.197. The standard InChI is InChI=1S/C16H34N2O/c1-16(2,3)15-7-5-11-18(13-8-15)12-6-9-17-10-14-19-4/h15,17H,5-14H2,1-4H3. The first kappa shape index (κ1) is 16.9. The monoisotopic (exact) mass is 270 g/mol. The first-order valence-electron chi connectivity index (χ1n) is 7.96. The SMILES string of the molecule is COCCNCCCN1CCCC(C(C)(C)C)CC1. The van der Waals surface area contributed by atoms with Crippen molar-refractivity contribution in [2.45, 2.75) is 46.5 Å². The minimum atomic E-state index is 0.484. The van der Waals surface area contributed by atoms with Gasteiger partial charge in [0.2, 0.25) is 0 Å². The zero-order valence-electron chi connectivity index (χ0n) is 13.5. The summed E-state index contributed by atoms with van der Waals surface area (Å²) in [6.45, 7) is 13.9. The molecule has 3 nitrogen and oxygen atoms in total. The van der Waals surface area contributed by atoms with Crippen LogP contribution in [0.2, 0.25) is 0 Å². The molecule has 1 aliphatic rings. The summed E-state index contributed by atoms with van der Waals surface area (Å²) in [5, 5.41) is 3.42. The van der Waals surface area contributed by atoms with Gasteiger partial charge >= 0.3 is 0 Å². The molecule has 1 heterocycles. The summed E-state index contributed by atoms with van der Waals surface area (Å²) in [6.07, 6.45) is 5.41. The molecule has 1 N–H and O–H groups in total. The smallest absolute Gasteiger partial charge is 0.0587 e. The summed E-state index contributed by atoms with van der Waals surface area (Å²) < 4.78 is 5.03. The number of hydrogen-bond acceptors (Lipinski definition) is 3. The molecular weight excluding hydrogens is 236 g/mol. The van der Waals surface area contributed by atoms with Crippen molar-refractivity contribution in [2.75, 3.05) is 46.4 Å². The molecule has 114 valence electrons. The number of ether oxygens (including phenoxy) is 1. The fourth-order valence-corrected chi connectivity index (χ4v) is 2.97. The van der Waals surface area contributed by atoms with Gasteiger partial charge < -0.3 is 15.0 Å². The van der Waals surface area contributed by atoms with Crippen molar-refractivity contribution in [3.8, 4) is 0 Å². The second-order valence-corrected chi connectivity index (χ2v) is 6.93. The molecule has 1 fully saturated rings. The molecule has 0 saturated carbocycles. The molecule has 1 unspecified atom stereocenters.